The second kappa shape index (κ2) is 7.13. The molecule has 0 bridgehead atoms. The van der Waals surface area contributed by atoms with Gasteiger partial charge >= 0.3 is 6.41 Å². The third-order valence-corrected chi connectivity index (χ3v) is 2.18. The first-order valence-electron chi connectivity index (χ1n) is 5.07. The van der Waals surface area contributed by atoms with Crippen molar-refractivity contribution in [3.63, 3.8) is 0 Å². The Morgan fingerprint density at radius 1 is 1.07 bits per heavy atom. The highest BCUT2D eigenvalue weighted by molar-refractivity contribution is 5.46. The van der Waals surface area contributed by atoms with E-state index in [2.05, 4.69) is 29.6 Å². The van der Waals surface area contributed by atoms with Crippen LogP contribution in [-0.4, -0.2) is 13.0 Å². The molecule has 1 N–H and O–H groups in total. The molecule has 0 heterocycles. The summed E-state index contributed by atoms with van der Waals surface area (Å²) in [5.74, 6) is 0. The zero-order valence-corrected chi connectivity index (χ0v) is 8.33. The largest absolute Gasteiger partial charge is 0.348 e. The summed E-state index contributed by atoms with van der Waals surface area (Å²) in [6.45, 7) is 0.748. The fourth-order valence-corrected chi connectivity index (χ4v) is 1.41. The summed E-state index contributed by atoms with van der Waals surface area (Å²) < 4.78 is 0. The lowest BCUT2D eigenvalue weighted by Gasteiger charge is -2.00. The fraction of sp³-hybridized carbons (Fsp3) is 0.417. The number of rotatable bonds is 7. The highest BCUT2D eigenvalue weighted by Gasteiger charge is 1.92. The van der Waals surface area contributed by atoms with E-state index < -0.39 is 0 Å². The van der Waals surface area contributed by atoms with Gasteiger partial charge in [0.25, 0.3) is 0 Å². The molecular formula is C12H16NO. The molecule has 0 unspecified atom stereocenters. The second-order valence-corrected chi connectivity index (χ2v) is 3.33. The van der Waals surface area contributed by atoms with Crippen molar-refractivity contribution >= 4 is 6.41 Å². The monoisotopic (exact) mass is 190 g/mol. The van der Waals surface area contributed by atoms with Gasteiger partial charge in [-0.15, -0.1) is 0 Å². The molecular weight excluding hydrogens is 174 g/mol. The SMILES string of the molecule is O=[C]NCCCCCc1ccccc1. The number of benzene rings is 1. The van der Waals surface area contributed by atoms with E-state index in [1.165, 1.54) is 12.0 Å². The van der Waals surface area contributed by atoms with Crippen molar-refractivity contribution in [1.82, 2.24) is 5.32 Å². The van der Waals surface area contributed by atoms with E-state index >= 15 is 0 Å². The zero-order valence-electron chi connectivity index (χ0n) is 8.33. The minimum absolute atomic E-state index is 0.748. The Bertz CT molecular complexity index is 246. The molecule has 1 rings (SSSR count). The third kappa shape index (κ3) is 4.65. The van der Waals surface area contributed by atoms with Crippen LogP contribution in [0.25, 0.3) is 0 Å². The Hall–Kier alpha value is -1.31. The van der Waals surface area contributed by atoms with Crippen LogP contribution >= 0.6 is 0 Å². The van der Waals surface area contributed by atoms with Gasteiger partial charge < -0.3 is 5.32 Å². The summed E-state index contributed by atoms with van der Waals surface area (Å²) in [4.78, 5) is 9.82. The Kier molecular flexibility index (Phi) is 5.48. The Balaban J connectivity index is 2.02. The van der Waals surface area contributed by atoms with Gasteiger partial charge in [-0.2, -0.15) is 0 Å². The molecule has 1 amide bonds. The molecule has 1 aromatic carbocycles. The van der Waals surface area contributed by atoms with Crippen molar-refractivity contribution in [2.45, 2.75) is 25.7 Å². The summed E-state index contributed by atoms with van der Waals surface area (Å²) >= 11 is 0. The van der Waals surface area contributed by atoms with Gasteiger partial charge in [0.15, 0.2) is 0 Å². The van der Waals surface area contributed by atoms with Crippen LogP contribution in [0.15, 0.2) is 30.3 Å². The molecule has 0 spiro atoms. The van der Waals surface area contributed by atoms with E-state index in [1.807, 2.05) is 6.07 Å². The second-order valence-electron chi connectivity index (χ2n) is 3.33. The van der Waals surface area contributed by atoms with Crippen molar-refractivity contribution in [2.75, 3.05) is 6.54 Å². The van der Waals surface area contributed by atoms with Crippen LogP contribution in [0, 0.1) is 0 Å². The molecule has 1 radical (unpaired) electrons. The first-order chi connectivity index (χ1) is 6.93. The molecule has 0 atom stereocenters. The molecule has 0 aliphatic rings. The lowest BCUT2D eigenvalue weighted by Crippen LogP contribution is -2.11. The maximum Gasteiger partial charge on any atom is 0.309 e. The number of unbranched alkanes of at least 4 members (excludes halogenated alkanes) is 2. The van der Waals surface area contributed by atoms with E-state index in [0.717, 1.165) is 25.8 Å². The Labute approximate surface area is 85.3 Å². The molecule has 2 nitrogen and oxygen atoms in total. The van der Waals surface area contributed by atoms with E-state index in [9.17, 15) is 4.79 Å². The molecule has 0 saturated heterocycles. The van der Waals surface area contributed by atoms with Crippen LogP contribution in [0.5, 0.6) is 0 Å². The van der Waals surface area contributed by atoms with Gasteiger partial charge in [-0.05, 0) is 24.8 Å². The van der Waals surface area contributed by atoms with Gasteiger partial charge in [0.2, 0.25) is 0 Å². The average Bonchev–Trinajstić information content (AvgIpc) is 2.25. The van der Waals surface area contributed by atoms with Gasteiger partial charge in [-0.3, -0.25) is 4.79 Å². The van der Waals surface area contributed by atoms with Crippen LogP contribution < -0.4 is 5.32 Å². The Morgan fingerprint density at radius 3 is 2.57 bits per heavy atom. The number of amides is 1. The minimum atomic E-state index is 0.748. The summed E-state index contributed by atoms with van der Waals surface area (Å²) in [5, 5.41) is 2.54. The lowest BCUT2D eigenvalue weighted by atomic mass is 10.1. The summed E-state index contributed by atoms with van der Waals surface area (Å²) in [6, 6.07) is 10.5. The molecule has 0 fully saturated rings. The van der Waals surface area contributed by atoms with Crippen LogP contribution in [0.2, 0.25) is 0 Å². The number of nitrogens with one attached hydrogen (secondary N) is 1. The van der Waals surface area contributed by atoms with Gasteiger partial charge in [0.05, 0.1) is 0 Å². The van der Waals surface area contributed by atoms with Crippen molar-refractivity contribution in [2.24, 2.45) is 0 Å². The number of carbonyl (C=O) groups excluding carboxylic acids is 1. The predicted octanol–water partition coefficient (Wildman–Crippen LogP) is 2.06. The normalized spacial score (nSPS) is 9.71. The fourth-order valence-electron chi connectivity index (χ4n) is 1.41. The predicted molar refractivity (Wildman–Crippen MR) is 57.7 cm³/mol. The minimum Gasteiger partial charge on any atom is -0.348 e. The highest BCUT2D eigenvalue weighted by atomic mass is 16.1. The molecule has 75 valence electrons. The molecule has 2 heteroatoms. The summed E-state index contributed by atoms with van der Waals surface area (Å²) in [7, 11) is 0. The molecule has 1 aromatic rings. The lowest BCUT2D eigenvalue weighted by molar-refractivity contribution is 0.537. The van der Waals surface area contributed by atoms with Gasteiger partial charge in [-0.1, -0.05) is 36.8 Å². The summed E-state index contributed by atoms with van der Waals surface area (Å²) in [6.07, 6.45) is 6.19. The first-order valence-corrected chi connectivity index (χ1v) is 5.07. The first kappa shape index (κ1) is 10.8. The number of aryl methyl sites for hydroxylation is 1. The Morgan fingerprint density at radius 2 is 1.86 bits per heavy atom. The smallest absolute Gasteiger partial charge is 0.309 e. The maximum absolute atomic E-state index is 9.82. The van der Waals surface area contributed by atoms with Gasteiger partial charge in [0.1, 0.15) is 0 Å². The van der Waals surface area contributed by atoms with Gasteiger partial charge in [0, 0.05) is 6.54 Å². The van der Waals surface area contributed by atoms with Gasteiger partial charge in [-0.25, -0.2) is 0 Å². The number of hydrogen-bond donors (Lipinski definition) is 1. The molecule has 0 aliphatic heterocycles. The van der Waals surface area contributed by atoms with E-state index in [4.69, 9.17) is 0 Å². The highest BCUT2D eigenvalue weighted by Crippen LogP contribution is 2.05. The van der Waals surface area contributed by atoms with Crippen molar-refractivity contribution in [1.29, 1.82) is 0 Å². The maximum atomic E-state index is 9.82. The van der Waals surface area contributed by atoms with Crippen LogP contribution in [0.4, 0.5) is 0 Å². The summed E-state index contributed by atoms with van der Waals surface area (Å²) in [5.41, 5.74) is 1.39. The van der Waals surface area contributed by atoms with E-state index in [0.29, 0.717) is 0 Å². The standard InChI is InChI=1S/C12H16NO/c14-11-13-10-6-2-5-9-12-7-3-1-4-8-12/h1,3-4,7-8H,2,5-6,9-10H2,(H,13,14). The van der Waals surface area contributed by atoms with Crippen molar-refractivity contribution in [3.05, 3.63) is 35.9 Å². The number of hydrogen-bond acceptors (Lipinski definition) is 1. The molecule has 0 aliphatic carbocycles. The van der Waals surface area contributed by atoms with Crippen LogP contribution in [0.3, 0.4) is 0 Å². The molecule has 14 heavy (non-hydrogen) atoms. The van der Waals surface area contributed by atoms with Crippen LogP contribution in [0.1, 0.15) is 24.8 Å². The average molecular weight is 190 g/mol. The zero-order chi connectivity index (χ0) is 10.1. The van der Waals surface area contributed by atoms with E-state index in [1.54, 1.807) is 6.41 Å². The molecule has 0 saturated carbocycles. The molecule has 0 aromatic heterocycles. The van der Waals surface area contributed by atoms with E-state index in [-0.39, 0.29) is 0 Å². The van der Waals surface area contributed by atoms with Crippen LogP contribution in [-0.2, 0) is 11.2 Å². The quantitative estimate of drug-likeness (QED) is 0.517. The van der Waals surface area contributed by atoms with Crippen molar-refractivity contribution < 1.29 is 4.79 Å². The van der Waals surface area contributed by atoms with Crippen molar-refractivity contribution in [3.8, 4) is 0 Å². The topological polar surface area (TPSA) is 29.1 Å². The third-order valence-electron chi connectivity index (χ3n) is 2.18.